The van der Waals surface area contributed by atoms with Crippen molar-refractivity contribution in [3.63, 3.8) is 0 Å². The minimum Gasteiger partial charge on any atom is -0.346 e. The first-order valence-electron chi connectivity index (χ1n) is 3.44. The molecule has 11 heavy (non-hydrogen) atoms. The predicted molar refractivity (Wildman–Crippen MR) is 48.2 cm³/mol. The van der Waals surface area contributed by atoms with Gasteiger partial charge in [-0.15, -0.1) is 0 Å². The first-order valence-corrected chi connectivity index (χ1v) is 3.85. The van der Waals surface area contributed by atoms with E-state index in [0.717, 1.165) is 10.3 Å². The summed E-state index contributed by atoms with van der Waals surface area (Å²) in [5, 5.41) is 0. The molecule has 0 radical (unpaired) electrons. The van der Waals surface area contributed by atoms with Crippen molar-refractivity contribution in [1.82, 2.24) is 4.98 Å². The number of H-pyrrole nitrogens is 1. The summed E-state index contributed by atoms with van der Waals surface area (Å²) in [5.41, 5.74) is 2.26. The van der Waals surface area contributed by atoms with Crippen LogP contribution in [-0.4, -0.2) is 4.98 Å². The summed E-state index contributed by atoms with van der Waals surface area (Å²) < 4.78 is 0.797. The maximum Gasteiger partial charge on any atom is 0.104 e. The summed E-state index contributed by atoms with van der Waals surface area (Å²) in [6.07, 6.45) is 0. The third-order valence-corrected chi connectivity index (χ3v) is 1.84. The fourth-order valence-electron chi connectivity index (χ4n) is 1.11. The normalized spacial score (nSPS) is 10.2. The maximum absolute atomic E-state index is 4.99. The van der Waals surface area contributed by atoms with Crippen molar-refractivity contribution in [2.45, 2.75) is 0 Å². The molecule has 0 bridgehead atoms. The summed E-state index contributed by atoms with van der Waals surface area (Å²) in [6.45, 7) is 0. The smallest absolute Gasteiger partial charge is 0.104 e. The van der Waals surface area contributed by atoms with Crippen LogP contribution in [0.3, 0.4) is 0 Å². The molecule has 1 N–H and O–H groups in total. The molecule has 0 spiro atoms. The maximum atomic E-state index is 4.99. The predicted octanol–water partition coefficient (Wildman–Crippen LogP) is 2.85. The molecule has 0 unspecified atom stereocenters. The van der Waals surface area contributed by atoms with Crippen LogP contribution >= 0.6 is 12.2 Å². The first kappa shape index (κ1) is 6.55. The standard InChI is InChI=1S/C9H7NS/c11-9-6-7-4-2-1-3-5-8(7)10-9/h1-6H,(H,10,11). The fourth-order valence-corrected chi connectivity index (χ4v) is 1.35. The largest absolute Gasteiger partial charge is 0.346 e. The molecule has 0 saturated carbocycles. The van der Waals surface area contributed by atoms with Gasteiger partial charge in [0.05, 0.1) is 0 Å². The Balaban J connectivity index is 2.83. The Morgan fingerprint density at radius 3 is 2.82 bits per heavy atom. The summed E-state index contributed by atoms with van der Waals surface area (Å²) in [6, 6.07) is 12.0. The van der Waals surface area contributed by atoms with Gasteiger partial charge in [0, 0.05) is 11.3 Å². The van der Waals surface area contributed by atoms with Gasteiger partial charge >= 0.3 is 0 Å². The second-order valence-electron chi connectivity index (χ2n) is 2.41. The van der Waals surface area contributed by atoms with E-state index in [2.05, 4.69) is 4.98 Å². The molecule has 0 atom stereocenters. The van der Waals surface area contributed by atoms with E-state index in [1.165, 1.54) is 5.56 Å². The average Bonchev–Trinajstić information content (AvgIpc) is 2.17. The van der Waals surface area contributed by atoms with Crippen molar-refractivity contribution in [2.24, 2.45) is 0 Å². The Labute approximate surface area is 70.0 Å². The molecule has 0 aromatic heterocycles. The van der Waals surface area contributed by atoms with Gasteiger partial charge < -0.3 is 4.98 Å². The molecular weight excluding hydrogens is 154 g/mol. The molecule has 54 valence electrons. The Morgan fingerprint density at radius 1 is 1.09 bits per heavy atom. The van der Waals surface area contributed by atoms with Gasteiger partial charge in [-0.25, -0.2) is 0 Å². The third-order valence-electron chi connectivity index (χ3n) is 1.62. The Bertz CT molecular complexity index is 357. The van der Waals surface area contributed by atoms with E-state index >= 15 is 0 Å². The van der Waals surface area contributed by atoms with Gasteiger partial charge in [-0.05, 0) is 12.1 Å². The van der Waals surface area contributed by atoms with Gasteiger partial charge in [0.2, 0.25) is 0 Å². The highest BCUT2D eigenvalue weighted by molar-refractivity contribution is 7.71. The molecule has 2 aliphatic rings. The molecule has 1 heterocycles. The minimum atomic E-state index is 0.797. The number of aromatic amines is 1. The van der Waals surface area contributed by atoms with Gasteiger partial charge in [0.25, 0.3) is 0 Å². The van der Waals surface area contributed by atoms with Crippen molar-refractivity contribution in [3.8, 4) is 11.3 Å². The lowest BCUT2D eigenvalue weighted by Crippen LogP contribution is -1.65. The van der Waals surface area contributed by atoms with Crippen molar-refractivity contribution in [3.05, 3.63) is 41.0 Å². The van der Waals surface area contributed by atoms with E-state index in [1.54, 1.807) is 0 Å². The number of hydrogen-bond donors (Lipinski definition) is 1. The Morgan fingerprint density at radius 2 is 1.91 bits per heavy atom. The molecule has 2 heteroatoms. The number of nitrogens with one attached hydrogen (secondary N) is 1. The zero-order valence-corrected chi connectivity index (χ0v) is 6.69. The SMILES string of the molecule is S=c1cc2cccccc-2[nH]1. The van der Waals surface area contributed by atoms with Crippen LogP contribution in [0.2, 0.25) is 0 Å². The van der Waals surface area contributed by atoms with Crippen molar-refractivity contribution in [2.75, 3.05) is 0 Å². The van der Waals surface area contributed by atoms with Crippen LogP contribution in [0, 0.1) is 4.64 Å². The molecule has 0 fully saturated rings. The summed E-state index contributed by atoms with van der Waals surface area (Å²) in [7, 11) is 0. The minimum absolute atomic E-state index is 0.797. The Kier molecular flexibility index (Phi) is 1.47. The van der Waals surface area contributed by atoms with Crippen molar-refractivity contribution >= 4 is 12.2 Å². The molecule has 2 rings (SSSR count). The van der Waals surface area contributed by atoms with Crippen molar-refractivity contribution < 1.29 is 0 Å². The van der Waals surface area contributed by atoms with Crippen LogP contribution in [0.15, 0.2) is 36.4 Å². The summed E-state index contributed by atoms with van der Waals surface area (Å²) >= 11 is 4.99. The van der Waals surface area contributed by atoms with Crippen LogP contribution in [0.5, 0.6) is 0 Å². The van der Waals surface area contributed by atoms with E-state index in [1.807, 2.05) is 36.4 Å². The lowest BCUT2D eigenvalue weighted by molar-refractivity contribution is 1.39. The van der Waals surface area contributed by atoms with E-state index in [4.69, 9.17) is 12.2 Å². The molecule has 0 saturated heterocycles. The molecule has 0 amide bonds. The van der Waals surface area contributed by atoms with Crippen LogP contribution in [-0.2, 0) is 0 Å². The van der Waals surface area contributed by atoms with Crippen LogP contribution in [0.25, 0.3) is 11.3 Å². The fraction of sp³-hybridized carbons (Fsp3) is 0. The van der Waals surface area contributed by atoms with Gasteiger partial charge in [-0.3, -0.25) is 0 Å². The zero-order chi connectivity index (χ0) is 7.68. The second kappa shape index (κ2) is 2.47. The van der Waals surface area contributed by atoms with E-state index in [0.29, 0.717) is 0 Å². The highest BCUT2D eigenvalue weighted by atomic mass is 32.1. The molecule has 1 aliphatic carbocycles. The molecular formula is C9H7NS. The van der Waals surface area contributed by atoms with Gasteiger partial charge in [0.15, 0.2) is 0 Å². The van der Waals surface area contributed by atoms with Gasteiger partial charge in [0.1, 0.15) is 4.64 Å². The molecule has 1 nitrogen and oxygen atoms in total. The van der Waals surface area contributed by atoms with E-state index in [-0.39, 0.29) is 0 Å². The van der Waals surface area contributed by atoms with Gasteiger partial charge in [-0.2, -0.15) is 0 Å². The number of fused-ring (bicyclic) bond motifs is 1. The Hall–Kier alpha value is -1.15. The zero-order valence-electron chi connectivity index (χ0n) is 5.87. The number of rotatable bonds is 0. The lowest BCUT2D eigenvalue weighted by atomic mass is 10.2. The summed E-state index contributed by atoms with van der Waals surface area (Å²) in [5.74, 6) is 0. The first-order chi connectivity index (χ1) is 5.36. The van der Waals surface area contributed by atoms with Crippen molar-refractivity contribution in [1.29, 1.82) is 0 Å². The number of aromatic nitrogens is 1. The van der Waals surface area contributed by atoms with Crippen LogP contribution in [0.1, 0.15) is 0 Å². The van der Waals surface area contributed by atoms with E-state index < -0.39 is 0 Å². The molecule has 1 aliphatic heterocycles. The molecule has 0 aromatic rings. The van der Waals surface area contributed by atoms with Crippen LogP contribution in [0.4, 0.5) is 0 Å². The topological polar surface area (TPSA) is 15.8 Å². The monoisotopic (exact) mass is 161 g/mol. The second-order valence-corrected chi connectivity index (χ2v) is 2.85. The van der Waals surface area contributed by atoms with Gasteiger partial charge in [-0.1, -0.05) is 36.5 Å². The molecule has 0 aromatic carbocycles. The lowest BCUT2D eigenvalue weighted by Gasteiger charge is -1.85. The third kappa shape index (κ3) is 1.17. The quantitative estimate of drug-likeness (QED) is 0.587. The highest BCUT2D eigenvalue weighted by Crippen LogP contribution is 2.17. The van der Waals surface area contributed by atoms with Crippen LogP contribution < -0.4 is 0 Å². The average molecular weight is 161 g/mol. The number of hydrogen-bond acceptors (Lipinski definition) is 1. The highest BCUT2D eigenvalue weighted by Gasteiger charge is 1.97. The summed E-state index contributed by atoms with van der Waals surface area (Å²) in [4.78, 5) is 3.09. The van der Waals surface area contributed by atoms with E-state index in [9.17, 15) is 0 Å².